The zero-order valence-electron chi connectivity index (χ0n) is 11.8. The Bertz CT molecular complexity index is 782. The molecule has 0 unspecified atom stereocenters. The molecular weight excluding hydrogens is 297 g/mol. The van der Waals surface area contributed by atoms with Crippen molar-refractivity contribution >= 4 is 11.1 Å². The fraction of sp³-hybridized carbons (Fsp3) is 0.200. The van der Waals surface area contributed by atoms with Crippen molar-refractivity contribution in [3.63, 3.8) is 0 Å². The molecule has 0 fully saturated rings. The van der Waals surface area contributed by atoms with Crippen LogP contribution in [-0.4, -0.2) is 15.1 Å². The molecule has 0 aliphatic carbocycles. The van der Waals surface area contributed by atoms with E-state index < -0.39 is 11.7 Å². The Morgan fingerprint density at radius 1 is 1.14 bits per heavy atom. The van der Waals surface area contributed by atoms with Gasteiger partial charge in [-0.15, -0.1) is 0 Å². The van der Waals surface area contributed by atoms with E-state index in [-0.39, 0.29) is 28.3 Å². The van der Waals surface area contributed by atoms with Crippen molar-refractivity contribution in [2.75, 3.05) is 0 Å². The largest absolute Gasteiger partial charge is 0.505 e. The molecule has 0 aliphatic heterocycles. The Labute approximate surface area is 124 Å². The number of hydrogen-bond donors (Lipinski definition) is 1. The lowest BCUT2D eigenvalue weighted by molar-refractivity contribution is -0.137. The average Bonchev–Trinajstić information content (AvgIpc) is 2.91. The zero-order chi connectivity index (χ0) is 16.3. The van der Waals surface area contributed by atoms with Crippen LogP contribution in [0.2, 0.25) is 0 Å². The number of oxazole rings is 1. The molecule has 3 rings (SSSR count). The topological polar surface area (TPSA) is 59.2 Å². The molecule has 0 spiro atoms. The van der Waals surface area contributed by atoms with Crippen LogP contribution in [0.5, 0.6) is 5.75 Å². The number of alkyl halides is 3. The molecule has 0 radical (unpaired) electrons. The van der Waals surface area contributed by atoms with Gasteiger partial charge in [0, 0.05) is 6.20 Å². The number of pyridine rings is 1. The normalized spacial score (nSPS) is 11.1. The number of rotatable bonds is 1. The summed E-state index contributed by atoms with van der Waals surface area (Å²) in [4.78, 5) is 7.67. The second-order valence-electron chi connectivity index (χ2n) is 4.09. The van der Waals surface area contributed by atoms with Crippen LogP contribution in [0.3, 0.4) is 0 Å². The third kappa shape index (κ3) is 3.03. The number of aromatic nitrogens is 2. The maximum Gasteiger partial charge on any atom is 0.416 e. The second kappa shape index (κ2) is 6.05. The van der Waals surface area contributed by atoms with Gasteiger partial charge in [-0.3, -0.25) is 4.98 Å². The van der Waals surface area contributed by atoms with Crippen molar-refractivity contribution in [2.24, 2.45) is 0 Å². The Kier molecular flexibility index (Phi) is 4.35. The third-order valence-corrected chi connectivity index (χ3v) is 2.75. The summed E-state index contributed by atoms with van der Waals surface area (Å²) in [5.41, 5.74) is -0.246. The fourth-order valence-electron chi connectivity index (χ4n) is 1.79. The van der Waals surface area contributed by atoms with E-state index in [4.69, 9.17) is 4.42 Å². The molecule has 116 valence electrons. The summed E-state index contributed by atoms with van der Waals surface area (Å²) in [5, 5.41) is 9.63. The number of nitrogens with zero attached hydrogens (tertiary/aromatic N) is 2. The summed E-state index contributed by atoms with van der Waals surface area (Å²) < 4.78 is 43.1. The quantitative estimate of drug-likeness (QED) is 0.711. The fourth-order valence-corrected chi connectivity index (χ4v) is 1.79. The summed E-state index contributed by atoms with van der Waals surface area (Å²) in [5.74, 6) is -0.116. The molecule has 1 N–H and O–H groups in total. The lowest BCUT2D eigenvalue weighted by atomic mass is 10.2. The number of halogens is 3. The number of fused-ring (bicyclic) bond motifs is 1. The molecule has 4 nitrogen and oxygen atoms in total. The van der Waals surface area contributed by atoms with E-state index in [1.54, 1.807) is 0 Å². The minimum atomic E-state index is -4.44. The van der Waals surface area contributed by atoms with Crippen LogP contribution in [0.15, 0.2) is 41.1 Å². The molecule has 0 aliphatic rings. The summed E-state index contributed by atoms with van der Waals surface area (Å²) in [6.45, 7) is 4.00. The monoisotopic (exact) mass is 310 g/mol. The van der Waals surface area contributed by atoms with Gasteiger partial charge in [0.25, 0.3) is 0 Å². The van der Waals surface area contributed by atoms with Crippen molar-refractivity contribution in [3.05, 3.63) is 42.2 Å². The van der Waals surface area contributed by atoms with Gasteiger partial charge < -0.3 is 9.52 Å². The average molecular weight is 310 g/mol. The van der Waals surface area contributed by atoms with Gasteiger partial charge in [-0.05, 0) is 24.3 Å². The molecule has 0 amide bonds. The van der Waals surface area contributed by atoms with Crippen molar-refractivity contribution in [2.45, 2.75) is 20.0 Å². The first-order valence-corrected chi connectivity index (χ1v) is 6.56. The Morgan fingerprint density at radius 2 is 1.86 bits per heavy atom. The first-order valence-electron chi connectivity index (χ1n) is 6.56. The molecular formula is C15H13F3N2O2. The minimum absolute atomic E-state index is 0.0409. The molecule has 2 heterocycles. The van der Waals surface area contributed by atoms with E-state index in [0.29, 0.717) is 0 Å². The Hall–Kier alpha value is -2.57. The maximum atomic E-state index is 12.6. The van der Waals surface area contributed by atoms with Crippen molar-refractivity contribution in [1.29, 1.82) is 0 Å². The van der Waals surface area contributed by atoms with E-state index in [2.05, 4.69) is 9.97 Å². The van der Waals surface area contributed by atoms with Crippen LogP contribution in [0.25, 0.3) is 22.6 Å². The van der Waals surface area contributed by atoms with Gasteiger partial charge in [-0.1, -0.05) is 13.8 Å². The summed E-state index contributed by atoms with van der Waals surface area (Å²) in [6.07, 6.45) is -1.82. The summed E-state index contributed by atoms with van der Waals surface area (Å²) in [7, 11) is 0. The molecule has 1 aromatic carbocycles. The molecule has 22 heavy (non-hydrogen) atoms. The molecule has 0 bridgehead atoms. The van der Waals surface area contributed by atoms with Gasteiger partial charge in [0.15, 0.2) is 5.58 Å². The Balaban J connectivity index is 0.000000847. The molecule has 0 atom stereocenters. The van der Waals surface area contributed by atoms with E-state index in [1.807, 2.05) is 13.8 Å². The predicted octanol–water partition coefficient (Wildman–Crippen LogP) is 4.64. The first-order chi connectivity index (χ1) is 10.4. The standard InChI is InChI=1S/C13H7F3N2O2.C2H6/c14-13(15,16)7-1-2-11-9(5-7)18-12(20-11)8-3-4-17-6-10(8)19;1-2/h1-6,19H;1-2H3. The smallest absolute Gasteiger partial charge is 0.416 e. The lowest BCUT2D eigenvalue weighted by Crippen LogP contribution is -2.03. The zero-order valence-corrected chi connectivity index (χ0v) is 11.8. The van der Waals surface area contributed by atoms with Crippen LogP contribution < -0.4 is 0 Å². The van der Waals surface area contributed by atoms with Gasteiger partial charge in [-0.25, -0.2) is 4.98 Å². The van der Waals surface area contributed by atoms with Gasteiger partial charge in [-0.2, -0.15) is 13.2 Å². The summed E-state index contributed by atoms with van der Waals surface area (Å²) in [6, 6.07) is 4.49. The lowest BCUT2D eigenvalue weighted by Gasteiger charge is -2.04. The van der Waals surface area contributed by atoms with Gasteiger partial charge >= 0.3 is 6.18 Å². The highest BCUT2D eigenvalue weighted by atomic mass is 19.4. The number of benzene rings is 1. The molecule has 7 heteroatoms. The van der Waals surface area contributed by atoms with E-state index in [9.17, 15) is 18.3 Å². The van der Waals surface area contributed by atoms with Crippen LogP contribution >= 0.6 is 0 Å². The van der Waals surface area contributed by atoms with Crippen molar-refractivity contribution < 1.29 is 22.7 Å². The molecule has 2 aromatic heterocycles. The first kappa shape index (κ1) is 15.8. The second-order valence-corrected chi connectivity index (χ2v) is 4.09. The van der Waals surface area contributed by atoms with Gasteiger partial charge in [0.1, 0.15) is 11.3 Å². The summed E-state index contributed by atoms with van der Waals surface area (Å²) >= 11 is 0. The Morgan fingerprint density at radius 3 is 2.50 bits per heavy atom. The molecule has 0 saturated heterocycles. The minimum Gasteiger partial charge on any atom is -0.505 e. The number of hydrogen-bond acceptors (Lipinski definition) is 4. The van der Waals surface area contributed by atoms with E-state index in [0.717, 1.165) is 12.1 Å². The highest BCUT2D eigenvalue weighted by Crippen LogP contribution is 2.34. The SMILES string of the molecule is CC.Oc1cnccc1-c1nc2cc(C(F)(F)F)ccc2o1. The maximum absolute atomic E-state index is 12.6. The highest BCUT2D eigenvalue weighted by molar-refractivity contribution is 5.78. The number of aromatic hydroxyl groups is 1. The van der Waals surface area contributed by atoms with Crippen LogP contribution in [-0.2, 0) is 6.18 Å². The van der Waals surface area contributed by atoms with Crippen molar-refractivity contribution in [1.82, 2.24) is 9.97 Å². The van der Waals surface area contributed by atoms with Gasteiger partial charge in [0.2, 0.25) is 5.89 Å². The van der Waals surface area contributed by atoms with Crippen LogP contribution in [0.1, 0.15) is 19.4 Å². The highest BCUT2D eigenvalue weighted by Gasteiger charge is 2.31. The third-order valence-electron chi connectivity index (χ3n) is 2.75. The van der Waals surface area contributed by atoms with Gasteiger partial charge in [0.05, 0.1) is 17.3 Å². The van der Waals surface area contributed by atoms with Crippen LogP contribution in [0.4, 0.5) is 13.2 Å². The van der Waals surface area contributed by atoms with E-state index >= 15 is 0 Å². The van der Waals surface area contributed by atoms with E-state index in [1.165, 1.54) is 24.5 Å². The predicted molar refractivity (Wildman–Crippen MR) is 75.3 cm³/mol. The van der Waals surface area contributed by atoms with Crippen molar-refractivity contribution in [3.8, 4) is 17.2 Å². The van der Waals surface area contributed by atoms with Crippen LogP contribution in [0, 0.1) is 0 Å². The molecule has 0 saturated carbocycles. The molecule has 3 aromatic rings.